The van der Waals surface area contributed by atoms with Crippen molar-refractivity contribution in [2.75, 3.05) is 6.26 Å². The van der Waals surface area contributed by atoms with Crippen LogP contribution in [0.2, 0.25) is 0 Å². The van der Waals surface area contributed by atoms with E-state index < -0.39 is 19.6 Å². The van der Waals surface area contributed by atoms with Gasteiger partial charge in [-0.05, 0) is 13.3 Å². The van der Waals surface area contributed by atoms with E-state index in [2.05, 4.69) is 15.9 Å². The standard InChI is InChI=1S/C6H13BrO3S/c1-4-6(7,5(2)8)11(3,9)10/h5,8H,4H2,1-3H3/t5-,6-/m1/s1. The lowest BCUT2D eigenvalue weighted by molar-refractivity contribution is 0.177. The Morgan fingerprint density at radius 3 is 2.00 bits per heavy atom. The van der Waals surface area contributed by atoms with Gasteiger partial charge in [0.15, 0.2) is 13.5 Å². The zero-order valence-electron chi connectivity index (χ0n) is 6.83. The second kappa shape index (κ2) is 3.41. The predicted molar refractivity (Wildman–Crippen MR) is 48.5 cm³/mol. The average molecular weight is 245 g/mol. The summed E-state index contributed by atoms with van der Waals surface area (Å²) in [4.78, 5) is 0. The molecule has 0 aromatic rings. The first-order chi connectivity index (χ1) is 4.75. The minimum absolute atomic E-state index is 0.351. The largest absolute Gasteiger partial charge is 0.391 e. The predicted octanol–water partition coefficient (Wildman–Crippen LogP) is 0.913. The average Bonchev–Trinajstić information content (AvgIpc) is 1.83. The summed E-state index contributed by atoms with van der Waals surface area (Å²) in [6.45, 7) is 3.17. The number of hydrogen-bond acceptors (Lipinski definition) is 3. The third-order valence-corrected chi connectivity index (χ3v) is 6.57. The molecule has 0 saturated heterocycles. The summed E-state index contributed by atoms with van der Waals surface area (Å²) in [6, 6.07) is 0. The molecule has 2 atom stereocenters. The van der Waals surface area contributed by atoms with Gasteiger partial charge in [0.2, 0.25) is 0 Å². The van der Waals surface area contributed by atoms with Crippen molar-refractivity contribution in [3.05, 3.63) is 0 Å². The van der Waals surface area contributed by atoms with Gasteiger partial charge in [-0.15, -0.1) is 0 Å². The van der Waals surface area contributed by atoms with Crippen LogP contribution in [0.3, 0.4) is 0 Å². The summed E-state index contributed by atoms with van der Waals surface area (Å²) >= 11 is 3.03. The maximum Gasteiger partial charge on any atom is 0.165 e. The second-order valence-corrected chi connectivity index (χ2v) is 6.80. The van der Waals surface area contributed by atoms with E-state index >= 15 is 0 Å². The van der Waals surface area contributed by atoms with Crippen molar-refractivity contribution in [2.45, 2.75) is 30.0 Å². The maximum absolute atomic E-state index is 11.1. The fraction of sp³-hybridized carbons (Fsp3) is 1.00. The quantitative estimate of drug-likeness (QED) is 0.752. The van der Waals surface area contributed by atoms with Crippen LogP contribution in [0.15, 0.2) is 0 Å². The van der Waals surface area contributed by atoms with Gasteiger partial charge in [0.05, 0.1) is 6.10 Å². The third-order valence-electron chi connectivity index (χ3n) is 1.72. The molecule has 0 fully saturated rings. The summed E-state index contributed by atoms with van der Waals surface area (Å²) < 4.78 is 21.1. The van der Waals surface area contributed by atoms with E-state index in [9.17, 15) is 13.5 Å². The first kappa shape index (κ1) is 11.4. The fourth-order valence-corrected chi connectivity index (χ4v) is 2.01. The Hall–Kier alpha value is 0.390. The minimum Gasteiger partial charge on any atom is -0.391 e. The molecule has 0 aliphatic rings. The summed E-state index contributed by atoms with van der Waals surface area (Å²) in [5.74, 6) is 0. The van der Waals surface area contributed by atoms with E-state index in [1.807, 2.05) is 0 Å². The van der Waals surface area contributed by atoms with Gasteiger partial charge in [0.25, 0.3) is 0 Å². The number of halogens is 1. The smallest absolute Gasteiger partial charge is 0.165 e. The van der Waals surface area contributed by atoms with Crippen LogP contribution >= 0.6 is 15.9 Å². The molecule has 68 valence electrons. The lowest BCUT2D eigenvalue weighted by Gasteiger charge is -2.26. The second-order valence-electron chi connectivity index (χ2n) is 2.59. The van der Waals surface area contributed by atoms with Crippen molar-refractivity contribution in [2.24, 2.45) is 0 Å². The molecule has 0 amide bonds. The van der Waals surface area contributed by atoms with Crippen LogP contribution in [0.1, 0.15) is 20.3 Å². The molecular weight excluding hydrogens is 232 g/mol. The summed E-state index contributed by atoms with van der Waals surface area (Å²) in [6.07, 6.45) is 0.559. The fourth-order valence-electron chi connectivity index (χ4n) is 0.867. The molecule has 11 heavy (non-hydrogen) atoms. The van der Waals surface area contributed by atoms with Crippen LogP contribution in [-0.4, -0.2) is 29.5 Å². The molecule has 0 unspecified atom stereocenters. The van der Waals surface area contributed by atoms with E-state index in [0.29, 0.717) is 6.42 Å². The number of sulfone groups is 1. The Morgan fingerprint density at radius 1 is 1.64 bits per heavy atom. The highest BCUT2D eigenvalue weighted by atomic mass is 79.9. The Labute approximate surface area is 75.9 Å². The van der Waals surface area contributed by atoms with Crippen molar-refractivity contribution in [3.8, 4) is 0 Å². The SMILES string of the molecule is CC[C@](Br)([C@@H](C)O)S(C)(=O)=O. The Morgan fingerprint density at radius 2 is 2.00 bits per heavy atom. The van der Waals surface area contributed by atoms with Crippen molar-refractivity contribution in [1.82, 2.24) is 0 Å². The molecule has 0 radical (unpaired) electrons. The molecule has 0 bridgehead atoms. The lowest BCUT2D eigenvalue weighted by atomic mass is 10.2. The summed E-state index contributed by atoms with van der Waals surface area (Å²) in [7, 11) is -3.25. The van der Waals surface area contributed by atoms with E-state index in [0.717, 1.165) is 6.26 Å². The monoisotopic (exact) mass is 244 g/mol. The highest BCUT2D eigenvalue weighted by Gasteiger charge is 2.40. The lowest BCUT2D eigenvalue weighted by Crippen LogP contribution is -2.40. The molecule has 0 heterocycles. The normalized spacial score (nSPS) is 20.8. The van der Waals surface area contributed by atoms with Crippen molar-refractivity contribution >= 4 is 25.8 Å². The first-order valence-corrected chi connectivity index (χ1v) is 6.00. The molecule has 0 aromatic heterocycles. The van der Waals surface area contributed by atoms with E-state index in [-0.39, 0.29) is 0 Å². The van der Waals surface area contributed by atoms with Crippen LogP contribution in [0.4, 0.5) is 0 Å². The van der Waals surface area contributed by atoms with Gasteiger partial charge >= 0.3 is 0 Å². The minimum atomic E-state index is -3.25. The zero-order chi connectivity index (χ0) is 9.28. The van der Waals surface area contributed by atoms with Gasteiger partial charge in [-0.1, -0.05) is 22.9 Å². The third kappa shape index (κ3) is 2.16. The Bertz CT molecular complexity index is 222. The van der Waals surface area contributed by atoms with E-state index in [1.54, 1.807) is 6.92 Å². The molecule has 3 nitrogen and oxygen atoms in total. The van der Waals surface area contributed by atoms with Crippen LogP contribution in [0.5, 0.6) is 0 Å². The molecule has 0 saturated carbocycles. The zero-order valence-corrected chi connectivity index (χ0v) is 9.24. The van der Waals surface area contributed by atoms with Gasteiger partial charge in [-0.2, -0.15) is 0 Å². The molecule has 0 aromatic carbocycles. The van der Waals surface area contributed by atoms with Gasteiger partial charge in [-0.25, -0.2) is 8.42 Å². The number of rotatable bonds is 3. The molecule has 0 aliphatic heterocycles. The van der Waals surface area contributed by atoms with Gasteiger partial charge in [-0.3, -0.25) is 0 Å². The number of alkyl halides is 1. The molecule has 0 aliphatic carbocycles. The van der Waals surface area contributed by atoms with Crippen molar-refractivity contribution < 1.29 is 13.5 Å². The Balaban J connectivity index is 4.92. The maximum atomic E-state index is 11.1. The first-order valence-electron chi connectivity index (χ1n) is 3.32. The molecule has 0 rings (SSSR count). The molecular formula is C6H13BrO3S. The Kier molecular flexibility index (Phi) is 3.53. The van der Waals surface area contributed by atoms with Crippen molar-refractivity contribution in [1.29, 1.82) is 0 Å². The molecule has 1 N–H and O–H groups in total. The highest BCUT2D eigenvalue weighted by molar-refractivity contribution is 9.11. The highest BCUT2D eigenvalue weighted by Crippen LogP contribution is 2.32. The number of hydrogen-bond donors (Lipinski definition) is 1. The van der Waals surface area contributed by atoms with E-state index in [4.69, 9.17) is 0 Å². The number of aliphatic hydroxyl groups is 1. The molecule has 0 spiro atoms. The number of aliphatic hydroxyl groups excluding tert-OH is 1. The van der Waals surface area contributed by atoms with E-state index in [1.165, 1.54) is 6.92 Å². The van der Waals surface area contributed by atoms with Crippen LogP contribution in [0, 0.1) is 0 Å². The van der Waals surface area contributed by atoms with Gasteiger partial charge < -0.3 is 5.11 Å². The molecule has 5 heteroatoms. The van der Waals surface area contributed by atoms with Crippen molar-refractivity contribution in [3.63, 3.8) is 0 Å². The summed E-state index contributed by atoms with van der Waals surface area (Å²) in [5.41, 5.74) is 0. The van der Waals surface area contributed by atoms with Gasteiger partial charge in [0, 0.05) is 6.26 Å². The summed E-state index contributed by atoms with van der Waals surface area (Å²) in [5, 5.41) is 9.18. The topological polar surface area (TPSA) is 54.4 Å². The van der Waals surface area contributed by atoms with Gasteiger partial charge in [0.1, 0.15) is 0 Å². The van der Waals surface area contributed by atoms with Crippen LogP contribution in [0.25, 0.3) is 0 Å². The van der Waals surface area contributed by atoms with Crippen LogP contribution in [-0.2, 0) is 9.84 Å². The van der Waals surface area contributed by atoms with Crippen LogP contribution < -0.4 is 0 Å².